The molecule has 5 heteroatoms. The maximum atomic E-state index is 12.2. The predicted molar refractivity (Wildman–Crippen MR) is 75.4 cm³/mol. The van der Waals surface area contributed by atoms with Gasteiger partial charge in [-0.2, -0.15) is 5.10 Å². The van der Waals surface area contributed by atoms with Crippen molar-refractivity contribution in [1.82, 2.24) is 14.7 Å². The van der Waals surface area contributed by atoms with Crippen molar-refractivity contribution in [1.29, 1.82) is 0 Å². The van der Waals surface area contributed by atoms with Gasteiger partial charge in [0.25, 0.3) is 0 Å². The minimum absolute atomic E-state index is 0.104. The van der Waals surface area contributed by atoms with Crippen molar-refractivity contribution in [2.75, 3.05) is 12.8 Å². The molecule has 1 aliphatic carbocycles. The van der Waals surface area contributed by atoms with Gasteiger partial charge in [-0.15, -0.1) is 0 Å². The fourth-order valence-electron chi connectivity index (χ4n) is 2.69. The van der Waals surface area contributed by atoms with E-state index in [-0.39, 0.29) is 12.5 Å². The SMILES string of the molecule is CN(C(=O)Cn1ccc(N)n1)C1CCC(C)(C)CC1. The van der Waals surface area contributed by atoms with Crippen LogP contribution in [0, 0.1) is 5.41 Å². The minimum Gasteiger partial charge on any atom is -0.382 e. The maximum Gasteiger partial charge on any atom is 0.244 e. The molecular weight excluding hydrogens is 240 g/mol. The highest BCUT2D eigenvalue weighted by molar-refractivity contribution is 5.76. The number of likely N-dealkylation sites (N-methyl/N-ethyl adjacent to an activating group) is 1. The zero-order valence-electron chi connectivity index (χ0n) is 12.1. The zero-order valence-corrected chi connectivity index (χ0v) is 12.1. The summed E-state index contributed by atoms with van der Waals surface area (Å²) in [5.41, 5.74) is 5.97. The van der Waals surface area contributed by atoms with Crippen molar-refractivity contribution < 1.29 is 4.79 Å². The second kappa shape index (κ2) is 5.23. The quantitative estimate of drug-likeness (QED) is 0.906. The Balaban J connectivity index is 1.89. The van der Waals surface area contributed by atoms with E-state index in [0.717, 1.165) is 12.8 Å². The lowest BCUT2D eigenvalue weighted by Gasteiger charge is -2.38. The van der Waals surface area contributed by atoms with Crippen LogP contribution in [-0.4, -0.2) is 33.7 Å². The van der Waals surface area contributed by atoms with Crippen LogP contribution in [0.2, 0.25) is 0 Å². The first-order valence-electron chi connectivity index (χ1n) is 6.92. The number of nitrogens with zero attached hydrogens (tertiary/aromatic N) is 3. The van der Waals surface area contributed by atoms with Crippen LogP contribution in [0.15, 0.2) is 12.3 Å². The Bertz CT molecular complexity index is 442. The Morgan fingerprint density at radius 3 is 2.68 bits per heavy atom. The van der Waals surface area contributed by atoms with Gasteiger partial charge in [0.1, 0.15) is 12.4 Å². The monoisotopic (exact) mass is 264 g/mol. The van der Waals surface area contributed by atoms with E-state index in [9.17, 15) is 4.79 Å². The molecule has 0 unspecified atom stereocenters. The number of carbonyl (C=O) groups is 1. The molecule has 1 heterocycles. The molecule has 2 N–H and O–H groups in total. The van der Waals surface area contributed by atoms with E-state index in [1.165, 1.54) is 12.8 Å². The third kappa shape index (κ3) is 3.49. The number of hydrogen-bond acceptors (Lipinski definition) is 3. The van der Waals surface area contributed by atoms with Crippen LogP contribution >= 0.6 is 0 Å². The van der Waals surface area contributed by atoms with Crippen LogP contribution in [0.1, 0.15) is 39.5 Å². The number of nitrogens with two attached hydrogens (primary N) is 1. The van der Waals surface area contributed by atoms with Crippen molar-refractivity contribution in [2.24, 2.45) is 5.41 Å². The summed E-state index contributed by atoms with van der Waals surface area (Å²) in [5, 5.41) is 4.05. The lowest BCUT2D eigenvalue weighted by Crippen LogP contribution is -2.42. The summed E-state index contributed by atoms with van der Waals surface area (Å²) in [7, 11) is 1.90. The standard InChI is InChI=1S/C14H24N4O/c1-14(2)7-4-11(5-8-14)17(3)13(19)10-18-9-6-12(15)16-18/h6,9,11H,4-5,7-8,10H2,1-3H3,(H2,15,16). The second-order valence-electron chi connectivity index (χ2n) is 6.34. The Morgan fingerprint density at radius 2 is 2.16 bits per heavy atom. The highest BCUT2D eigenvalue weighted by Crippen LogP contribution is 2.36. The van der Waals surface area contributed by atoms with Crippen LogP contribution in [0.25, 0.3) is 0 Å². The molecule has 5 nitrogen and oxygen atoms in total. The summed E-state index contributed by atoms with van der Waals surface area (Å²) in [5.74, 6) is 0.558. The Hall–Kier alpha value is -1.52. The molecule has 1 amide bonds. The van der Waals surface area contributed by atoms with Gasteiger partial charge in [-0.1, -0.05) is 13.8 Å². The molecule has 2 rings (SSSR count). The van der Waals surface area contributed by atoms with Gasteiger partial charge in [-0.3, -0.25) is 9.48 Å². The highest BCUT2D eigenvalue weighted by atomic mass is 16.2. The first-order chi connectivity index (χ1) is 8.87. The summed E-state index contributed by atoms with van der Waals surface area (Å²) in [6, 6.07) is 2.07. The van der Waals surface area contributed by atoms with Crippen LogP contribution < -0.4 is 5.73 Å². The molecule has 1 fully saturated rings. The van der Waals surface area contributed by atoms with E-state index >= 15 is 0 Å². The first kappa shape index (κ1) is 13.9. The van der Waals surface area contributed by atoms with Gasteiger partial charge in [0.05, 0.1) is 0 Å². The summed E-state index contributed by atoms with van der Waals surface area (Å²) >= 11 is 0. The topological polar surface area (TPSA) is 64.2 Å². The highest BCUT2D eigenvalue weighted by Gasteiger charge is 2.30. The first-order valence-corrected chi connectivity index (χ1v) is 6.92. The molecule has 1 aromatic heterocycles. The number of rotatable bonds is 3. The van der Waals surface area contributed by atoms with Crippen molar-refractivity contribution in [3.63, 3.8) is 0 Å². The Kier molecular flexibility index (Phi) is 3.83. The largest absolute Gasteiger partial charge is 0.382 e. The number of amides is 1. The molecule has 0 aromatic carbocycles. The molecule has 1 aromatic rings. The van der Waals surface area contributed by atoms with Gasteiger partial charge in [-0.25, -0.2) is 0 Å². The molecule has 0 atom stereocenters. The molecule has 19 heavy (non-hydrogen) atoms. The third-order valence-electron chi connectivity index (χ3n) is 4.21. The van der Waals surface area contributed by atoms with Gasteiger partial charge in [0.15, 0.2) is 0 Å². The fourth-order valence-corrected chi connectivity index (χ4v) is 2.69. The molecule has 0 bridgehead atoms. The number of hydrogen-bond donors (Lipinski definition) is 1. The van der Waals surface area contributed by atoms with Crippen molar-refractivity contribution in [3.05, 3.63) is 12.3 Å². The van der Waals surface area contributed by atoms with E-state index < -0.39 is 0 Å². The van der Waals surface area contributed by atoms with Crippen LogP contribution in [-0.2, 0) is 11.3 Å². The molecule has 0 aliphatic heterocycles. The normalized spacial score (nSPS) is 19.3. The average Bonchev–Trinajstić information content (AvgIpc) is 2.74. The number of aromatic nitrogens is 2. The second-order valence-corrected chi connectivity index (χ2v) is 6.34. The number of carbonyl (C=O) groups excluding carboxylic acids is 1. The van der Waals surface area contributed by atoms with Crippen molar-refractivity contribution in [3.8, 4) is 0 Å². The zero-order chi connectivity index (χ0) is 14.0. The predicted octanol–water partition coefficient (Wildman–Crippen LogP) is 1.89. The molecule has 106 valence electrons. The molecule has 1 aliphatic rings. The lowest BCUT2D eigenvalue weighted by molar-refractivity contribution is -0.133. The number of nitrogen functional groups attached to an aromatic ring is 1. The van der Waals surface area contributed by atoms with E-state index in [1.54, 1.807) is 16.9 Å². The van der Waals surface area contributed by atoms with E-state index in [2.05, 4.69) is 18.9 Å². The number of anilines is 1. The maximum absolute atomic E-state index is 12.2. The van der Waals surface area contributed by atoms with Crippen LogP contribution in [0.3, 0.4) is 0 Å². The van der Waals surface area contributed by atoms with Crippen LogP contribution in [0.5, 0.6) is 0 Å². The third-order valence-corrected chi connectivity index (χ3v) is 4.21. The minimum atomic E-state index is 0.104. The average molecular weight is 264 g/mol. The van der Waals surface area contributed by atoms with Gasteiger partial charge in [0.2, 0.25) is 5.91 Å². The van der Waals surface area contributed by atoms with Crippen molar-refractivity contribution in [2.45, 2.75) is 52.1 Å². The van der Waals surface area contributed by atoms with E-state index in [1.807, 2.05) is 11.9 Å². The van der Waals surface area contributed by atoms with Gasteiger partial charge >= 0.3 is 0 Å². The summed E-state index contributed by atoms with van der Waals surface area (Å²) < 4.78 is 1.60. The molecule has 0 spiro atoms. The van der Waals surface area contributed by atoms with E-state index in [0.29, 0.717) is 17.3 Å². The molecule has 0 radical (unpaired) electrons. The Labute approximate surface area is 114 Å². The van der Waals surface area contributed by atoms with Gasteiger partial charge < -0.3 is 10.6 Å². The van der Waals surface area contributed by atoms with Gasteiger partial charge in [0, 0.05) is 19.3 Å². The van der Waals surface area contributed by atoms with E-state index in [4.69, 9.17) is 5.73 Å². The summed E-state index contributed by atoms with van der Waals surface area (Å²) in [6.45, 7) is 4.88. The lowest BCUT2D eigenvalue weighted by atomic mass is 9.75. The smallest absolute Gasteiger partial charge is 0.244 e. The summed E-state index contributed by atoms with van der Waals surface area (Å²) in [6.07, 6.45) is 6.30. The van der Waals surface area contributed by atoms with Gasteiger partial charge in [-0.05, 0) is 37.2 Å². The fraction of sp³-hybridized carbons (Fsp3) is 0.714. The van der Waals surface area contributed by atoms with Crippen LogP contribution in [0.4, 0.5) is 5.82 Å². The molecular formula is C14H24N4O. The van der Waals surface area contributed by atoms with Crippen molar-refractivity contribution >= 4 is 11.7 Å². The summed E-state index contributed by atoms with van der Waals surface area (Å²) in [4.78, 5) is 14.1. The molecule has 0 saturated heterocycles. The molecule has 1 saturated carbocycles. The Morgan fingerprint density at radius 1 is 1.53 bits per heavy atom.